The lowest BCUT2D eigenvalue weighted by molar-refractivity contribution is 0.0314. The van der Waals surface area contributed by atoms with Gasteiger partial charge in [0.15, 0.2) is 5.78 Å². The number of carbonyl (C=O) groups is 1. The van der Waals surface area contributed by atoms with Gasteiger partial charge in [0.25, 0.3) is 0 Å². The number of aryl methyl sites for hydroxylation is 2. The zero-order valence-corrected chi connectivity index (χ0v) is 12.2. The number of rotatable bonds is 4. The summed E-state index contributed by atoms with van der Waals surface area (Å²) in [7, 11) is 1.66. The second-order valence-corrected chi connectivity index (χ2v) is 5.72. The minimum atomic E-state index is -0.262. The summed E-state index contributed by atoms with van der Waals surface area (Å²) in [6.45, 7) is 4.12. The molecule has 1 aliphatic carbocycles. The van der Waals surface area contributed by atoms with Gasteiger partial charge in [0.2, 0.25) is 0 Å². The number of benzene rings is 1. The molecule has 2 rings (SSSR count). The third kappa shape index (κ3) is 3.24. The monoisotopic (exact) mass is 260 g/mol. The van der Waals surface area contributed by atoms with E-state index in [0.29, 0.717) is 5.92 Å². The maximum Gasteiger partial charge on any atom is 0.191 e. The molecule has 1 unspecified atom stereocenters. The van der Waals surface area contributed by atoms with E-state index < -0.39 is 0 Å². The molecule has 0 aliphatic heterocycles. The Bertz CT molecular complexity index is 445. The number of methoxy groups -OCH3 is 1. The van der Waals surface area contributed by atoms with Crippen LogP contribution in [0.15, 0.2) is 18.2 Å². The Morgan fingerprint density at radius 1 is 1.16 bits per heavy atom. The first-order chi connectivity index (χ1) is 9.13. The Morgan fingerprint density at radius 2 is 1.84 bits per heavy atom. The molecule has 19 heavy (non-hydrogen) atoms. The van der Waals surface area contributed by atoms with E-state index in [0.717, 1.165) is 18.4 Å². The van der Waals surface area contributed by atoms with E-state index in [9.17, 15) is 4.79 Å². The van der Waals surface area contributed by atoms with Crippen molar-refractivity contribution >= 4 is 5.78 Å². The minimum Gasteiger partial charge on any atom is -0.373 e. The molecule has 0 heterocycles. The van der Waals surface area contributed by atoms with Gasteiger partial charge in [-0.05, 0) is 49.8 Å². The van der Waals surface area contributed by atoms with E-state index >= 15 is 0 Å². The number of Topliss-reactive ketones (excluding diaryl/α,β-unsaturated/α-hetero) is 1. The maximum absolute atomic E-state index is 12.6. The summed E-state index contributed by atoms with van der Waals surface area (Å²) < 4.78 is 5.53. The van der Waals surface area contributed by atoms with Crippen LogP contribution in [0.25, 0.3) is 0 Å². The Morgan fingerprint density at radius 3 is 2.42 bits per heavy atom. The predicted octanol–water partition coefficient (Wildman–Crippen LogP) is 4.08. The molecular weight excluding hydrogens is 236 g/mol. The molecule has 1 atom stereocenters. The molecule has 1 aliphatic rings. The van der Waals surface area contributed by atoms with Crippen molar-refractivity contribution in [3.05, 3.63) is 34.9 Å². The van der Waals surface area contributed by atoms with Gasteiger partial charge in [0.1, 0.15) is 6.10 Å². The summed E-state index contributed by atoms with van der Waals surface area (Å²) in [6.07, 6.45) is 5.73. The summed E-state index contributed by atoms with van der Waals surface area (Å²) in [5.41, 5.74) is 3.19. The van der Waals surface area contributed by atoms with Crippen LogP contribution in [0.2, 0.25) is 0 Å². The van der Waals surface area contributed by atoms with Gasteiger partial charge in [0.05, 0.1) is 0 Å². The highest BCUT2D eigenvalue weighted by Gasteiger charge is 2.30. The first-order valence-electron chi connectivity index (χ1n) is 7.27. The van der Waals surface area contributed by atoms with Crippen LogP contribution in [-0.2, 0) is 4.74 Å². The largest absolute Gasteiger partial charge is 0.373 e. The van der Waals surface area contributed by atoms with Crippen LogP contribution < -0.4 is 0 Å². The van der Waals surface area contributed by atoms with Gasteiger partial charge in [-0.1, -0.05) is 31.4 Å². The quantitative estimate of drug-likeness (QED) is 0.762. The molecule has 1 aromatic rings. The van der Waals surface area contributed by atoms with Gasteiger partial charge in [-0.25, -0.2) is 0 Å². The highest BCUT2D eigenvalue weighted by molar-refractivity contribution is 5.99. The molecule has 0 N–H and O–H groups in total. The van der Waals surface area contributed by atoms with Crippen LogP contribution in [0.1, 0.15) is 53.6 Å². The number of ketones is 1. The van der Waals surface area contributed by atoms with Gasteiger partial charge >= 0.3 is 0 Å². The fraction of sp³-hybridized carbons (Fsp3) is 0.588. The van der Waals surface area contributed by atoms with Gasteiger partial charge in [0, 0.05) is 12.7 Å². The highest BCUT2D eigenvalue weighted by atomic mass is 16.5. The van der Waals surface area contributed by atoms with E-state index in [4.69, 9.17) is 4.74 Å². The highest BCUT2D eigenvalue weighted by Crippen LogP contribution is 2.29. The summed E-state index contributed by atoms with van der Waals surface area (Å²) in [5.74, 6) is 0.547. The SMILES string of the molecule is COC(C(=O)c1ccc(C)c(C)c1)C1CCCCC1. The Labute approximate surface area is 116 Å². The van der Waals surface area contributed by atoms with E-state index in [1.165, 1.54) is 30.4 Å². The average molecular weight is 260 g/mol. The Hall–Kier alpha value is -1.15. The van der Waals surface area contributed by atoms with Gasteiger partial charge in [-0.3, -0.25) is 4.79 Å². The van der Waals surface area contributed by atoms with Crippen LogP contribution in [0.5, 0.6) is 0 Å². The molecule has 0 spiro atoms. The third-order valence-corrected chi connectivity index (χ3v) is 4.38. The summed E-state index contributed by atoms with van der Waals surface area (Å²) in [5, 5.41) is 0. The van der Waals surface area contributed by atoms with E-state index in [1.54, 1.807) is 7.11 Å². The van der Waals surface area contributed by atoms with E-state index in [1.807, 2.05) is 18.2 Å². The summed E-state index contributed by atoms with van der Waals surface area (Å²) in [4.78, 5) is 12.6. The molecule has 0 aromatic heterocycles. The van der Waals surface area contributed by atoms with Crippen molar-refractivity contribution in [2.75, 3.05) is 7.11 Å². The van der Waals surface area contributed by atoms with Gasteiger partial charge < -0.3 is 4.74 Å². The molecule has 0 radical (unpaired) electrons. The van der Waals surface area contributed by atoms with Gasteiger partial charge in [-0.15, -0.1) is 0 Å². The van der Waals surface area contributed by atoms with E-state index in [-0.39, 0.29) is 11.9 Å². The van der Waals surface area contributed by atoms with Crippen molar-refractivity contribution < 1.29 is 9.53 Å². The molecule has 1 fully saturated rings. The first kappa shape index (κ1) is 14.3. The van der Waals surface area contributed by atoms with Crippen LogP contribution in [-0.4, -0.2) is 19.0 Å². The lowest BCUT2D eigenvalue weighted by Gasteiger charge is -2.28. The Balaban J connectivity index is 2.17. The van der Waals surface area contributed by atoms with Crippen LogP contribution in [0.3, 0.4) is 0 Å². The average Bonchev–Trinajstić information content (AvgIpc) is 2.44. The van der Waals surface area contributed by atoms with Crippen molar-refractivity contribution in [1.82, 2.24) is 0 Å². The molecule has 1 saturated carbocycles. The molecule has 1 aromatic carbocycles. The summed E-state index contributed by atoms with van der Waals surface area (Å²) in [6, 6.07) is 5.95. The number of hydrogen-bond donors (Lipinski definition) is 0. The predicted molar refractivity (Wildman–Crippen MR) is 77.6 cm³/mol. The molecule has 0 bridgehead atoms. The molecule has 0 saturated heterocycles. The topological polar surface area (TPSA) is 26.3 Å². The van der Waals surface area contributed by atoms with Crippen molar-refractivity contribution in [1.29, 1.82) is 0 Å². The van der Waals surface area contributed by atoms with Crippen molar-refractivity contribution in [2.45, 2.75) is 52.1 Å². The first-order valence-corrected chi connectivity index (χ1v) is 7.27. The number of hydrogen-bond acceptors (Lipinski definition) is 2. The second kappa shape index (κ2) is 6.33. The zero-order valence-electron chi connectivity index (χ0n) is 12.2. The van der Waals surface area contributed by atoms with Crippen LogP contribution in [0, 0.1) is 19.8 Å². The fourth-order valence-electron chi connectivity index (χ4n) is 3.01. The van der Waals surface area contributed by atoms with Crippen molar-refractivity contribution in [2.24, 2.45) is 5.92 Å². The number of carbonyl (C=O) groups excluding carboxylic acids is 1. The zero-order chi connectivity index (χ0) is 13.8. The lowest BCUT2D eigenvalue weighted by Crippen LogP contribution is -2.33. The third-order valence-electron chi connectivity index (χ3n) is 4.38. The normalized spacial score (nSPS) is 18.3. The molecule has 2 heteroatoms. The standard InChI is InChI=1S/C17H24O2/c1-12-9-10-15(11-13(12)2)16(18)17(19-3)14-7-5-4-6-8-14/h9-11,14,17H,4-8H2,1-3H3. The minimum absolute atomic E-state index is 0.150. The van der Waals surface area contributed by atoms with E-state index in [2.05, 4.69) is 13.8 Å². The maximum atomic E-state index is 12.6. The molecule has 0 amide bonds. The summed E-state index contributed by atoms with van der Waals surface area (Å²) >= 11 is 0. The fourth-order valence-corrected chi connectivity index (χ4v) is 3.01. The van der Waals surface area contributed by atoms with Crippen molar-refractivity contribution in [3.8, 4) is 0 Å². The smallest absolute Gasteiger partial charge is 0.191 e. The van der Waals surface area contributed by atoms with Crippen LogP contribution >= 0.6 is 0 Å². The van der Waals surface area contributed by atoms with Crippen LogP contribution in [0.4, 0.5) is 0 Å². The molecule has 2 nitrogen and oxygen atoms in total. The Kier molecular flexibility index (Phi) is 4.76. The molecular formula is C17H24O2. The lowest BCUT2D eigenvalue weighted by atomic mass is 9.82. The van der Waals surface area contributed by atoms with Crippen molar-refractivity contribution in [3.63, 3.8) is 0 Å². The van der Waals surface area contributed by atoms with Gasteiger partial charge in [-0.2, -0.15) is 0 Å². The number of ether oxygens (including phenoxy) is 1. The second-order valence-electron chi connectivity index (χ2n) is 5.72. The molecule has 104 valence electrons.